The number of carbonyl (C=O) groups excluding carboxylic acids is 1. The molecule has 1 amide bonds. The Morgan fingerprint density at radius 3 is 2.52 bits per heavy atom. The lowest BCUT2D eigenvalue weighted by Gasteiger charge is -2.19. The molecule has 0 aliphatic rings. The van der Waals surface area contributed by atoms with E-state index in [1.54, 1.807) is 40.8 Å². The average Bonchev–Trinajstić information content (AvgIpc) is 2.91. The Hall–Kier alpha value is -2.39. The molecule has 2 rings (SSSR count). The highest BCUT2D eigenvalue weighted by molar-refractivity contribution is 7.89. The van der Waals surface area contributed by atoms with Gasteiger partial charge in [-0.1, -0.05) is 5.16 Å². The smallest absolute Gasteiger partial charge is 0.253 e. The molecule has 0 radical (unpaired) electrons. The van der Waals surface area contributed by atoms with Crippen LogP contribution < -0.4 is 9.46 Å². The van der Waals surface area contributed by atoms with E-state index in [1.165, 1.54) is 24.1 Å². The first-order chi connectivity index (χ1) is 12.6. The third kappa shape index (κ3) is 4.67. The summed E-state index contributed by atoms with van der Waals surface area (Å²) in [5, 5.41) is 3.88. The minimum absolute atomic E-state index is 0.0738. The van der Waals surface area contributed by atoms with E-state index in [0.29, 0.717) is 18.0 Å². The van der Waals surface area contributed by atoms with Gasteiger partial charge in [-0.05, 0) is 45.9 Å². The summed E-state index contributed by atoms with van der Waals surface area (Å²) in [7, 11) is -0.796. The van der Waals surface area contributed by atoms with Crippen LogP contribution in [0, 0.1) is 13.8 Å². The summed E-state index contributed by atoms with van der Waals surface area (Å²) < 4.78 is 37.9. The quantitative estimate of drug-likeness (QED) is 0.772. The van der Waals surface area contributed by atoms with Crippen LogP contribution in [0.3, 0.4) is 0 Å². The number of rotatable bonds is 7. The van der Waals surface area contributed by atoms with E-state index < -0.39 is 10.0 Å². The minimum atomic E-state index is -3.82. The van der Waals surface area contributed by atoms with Crippen LogP contribution in [0.25, 0.3) is 0 Å². The second-order valence-corrected chi connectivity index (χ2v) is 8.29. The molecule has 1 aromatic heterocycles. The van der Waals surface area contributed by atoms with Crippen LogP contribution in [0.2, 0.25) is 0 Å². The van der Waals surface area contributed by atoms with Crippen molar-refractivity contribution in [3.05, 3.63) is 40.8 Å². The number of nitrogens with one attached hydrogen (secondary N) is 1. The van der Waals surface area contributed by atoms with Crippen molar-refractivity contribution >= 4 is 15.9 Å². The first-order valence-corrected chi connectivity index (χ1v) is 9.92. The average molecular weight is 395 g/mol. The molecule has 0 atom stereocenters. The number of methoxy groups -OCH3 is 1. The van der Waals surface area contributed by atoms with Gasteiger partial charge in [0.2, 0.25) is 10.0 Å². The summed E-state index contributed by atoms with van der Waals surface area (Å²) in [5.41, 5.74) is 1.79. The van der Waals surface area contributed by atoms with Gasteiger partial charge >= 0.3 is 0 Å². The zero-order chi connectivity index (χ0) is 20.4. The van der Waals surface area contributed by atoms with Crippen molar-refractivity contribution in [3.63, 3.8) is 0 Å². The lowest BCUT2D eigenvalue weighted by molar-refractivity contribution is 0.0784. The molecule has 0 saturated carbocycles. The molecule has 0 aliphatic heterocycles. The fourth-order valence-electron chi connectivity index (χ4n) is 2.65. The molecule has 8 nitrogen and oxygen atoms in total. The lowest BCUT2D eigenvalue weighted by atomic mass is 10.1. The highest BCUT2D eigenvalue weighted by Gasteiger charge is 2.24. The normalized spacial score (nSPS) is 11.7. The van der Waals surface area contributed by atoms with E-state index in [2.05, 4.69) is 9.88 Å². The van der Waals surface area contributed by atoms with Crippen LogP contribution in [0.1, 0.15) is 41.2 Å². The molecule has 0 fully saturated rings. The maximum Gasteiger partial charge on any atom is 0.253 e. The van der Waals surface area contributed by atoms with Crippen LogP contribution in [0.5, 0.6) is 5.75 Å². The number of nitrogens with zero attached hydrogens (tertiary/aromatic N) is 2. The second-order valence-electron chi connectivity index (χ2n) is 6.61. The maximum atomic E-state index is 12.8. The largest absolute Gasteiger partial charge is 0.495 e. The van der Waals surface area contributed by atoms with Crippen LogP contribution in [0.4, 0.5) is 0 Å². The van der Waals surface area contributed by atoms with Crippen LogP contribution in [-0.2, 0) is 16.6 Å². The number of aryl methyl sites for hydroxylation is 2. The van der Waals surface area contributed by atoms with Crippen molar-refractivity contribution < 1.29 is 22.5 Å². The molecule has 2 aromatic rings. The molecule has 0 unspecified atom stereocenters. The van der Waals surface area contributed by atoms with E-state index in [1.807, 2.05) is 0 Å². The van der Waals surface area contributed by atoms with Crippen molar-refractivity contribution in [2.24, 2.45) is 0 Å². The number of ether oxygens (including phenoxy) is 1. The van der Waals surface area contributed by atoms with Crippen molar-refractivity contribution in [1.82, 2.24) is 14.8 Å². The van der Waals surface area contributed by atoms with Gasteiger partial charge in [-0.2, -0.15) is 0 Å². The number of sulfonamides is 1. The number of aromatic nitrogens is 1. The van der Waals surface area contributed by atoms with Gasteiger partial charge in [-0.3, -0.25) is 4.79 Å². The van der Waals surface area contributed by atoms with Gasteiger partial charge in [0, 0.05) is 24.2 Å². The summed E-state index contributed by atoms with van der Waals surface area (Å²) in [5.74, 6) is 0.498. The summed E-state index contributed by atoms with van der Waals surface area (Å²) in [6.07, 6.45) is 0. The zero-order valence-electron chi connectivity index (χ0n) is 16.4. The Bertz CT molecular complexity index is 915. The van der Waals surface area contributed by atoms with Gasteiger partial charge in [0.05, 0.1) is 19.3 Å². The van der Waals surface area contributed by atoms with Crippen LogP contribution in [0.15, 0.2) is 27.6 Å². The molecule has 27 heavy (non-hydrogen) atoms. The number of benzene rings is 1. The van der Waals surface area contributed by atoms with Crippen LogP contribution in [-0.4, -0.2) is 44.6 Å². The SMILES string of the molecule is COc1ccc(C(=O)N(C)Cc2c(C)noc2C)cc1S(=O)(=O)NC(C)C. The highest BCUT2D eigenvalue weighted by atomic mass is 32.2. The van der Waals surface area contributed by atoms with Gasteiger partial charge in [0.15, 0.2) is 0 Å². The third-order valence-corrected chi connectivity index (χ3v) is 5.69. The highest BCUT2D eigenvalue weighted by Crippen LogP contribution is 2.26. The monoisotopic (exact) mass is 395 g/mol. The molecule has 148 valence electrons. The van der Waals surface area contributed by atoms with Crippen molar-refractivity contribution in [1.29, 1.82) is 0 Å². The molecular formula is C18H25N3O5S. The summed E-state index contributed by atoms with van der Waals surface area (Å²) in [6.45, 7) is 7.33. The molecule has 0 bridgehead atoms. The number of hydrogen-bond acceptors (Lipinski definition) is 6. The van der Waals surface area contributed by atoms with Crippen molar-refractivity contribution in [3.8, 4) is 5.75 Å². The standard InChI is InChI=1S/C18H25N3O5S/c1-11(2)20-27(23,24)17-9-14(7-8-16(17)25-6)18(22)21(5)10-15-12(3)19-26-13(15)4/h7-9,11,20H,10H2,1-6H3. The van der Waals surface area contributed by atoms with Crippen molar-refractivity contribution in [2.75, 3.05) is 14.2 Å². The molecule has 1 heterocycles. The minimum Gasteiger partial charge on any atom is -0.495 e. The van der Waals surface area contributed by atoms with Gasteiger partial charge < -0.3 is 14.2 Å². The number of carbonyl (C=O) groups is 1. The van der Waals surface area contributed by atoms with Gasteiger partial charge in [-0.15, -0.1) is 0 Å². The number of hydrogen-bond donors (Lipinski definition) is 1. The predicted octanol–water partition coefficient (Wildman–Crippen LogP) is 2.26. The summed E-state index contributed by atoms with van der Waals surface area (Å²) >= 11 is 0. The Kier molecular flexibility index (Phi) is 6.27. The first kappa shape index (κ1) is 20.9. The predicted molar refractivity (Wildman–Crippen MR) is 100 cm³/mol. The summed E-state index contributed by atoms with van der Waals surface area (Å²) in [4.78, 5) is 14.2. The molecular weight excluding hydrogens is 370 g/mol. The van der Waals surface area contributed by atoms with Gasteiger partial charge in [0.25, 0.3) is 5.91 Å². The van der Waals surface area contributed by atoms with Crippen molar-refractivity contribution in [2.45, 2.75) is 45.2 Å². The lowest BCUT2D eigenvalue weighted by Crippen LogP contribution is -2.31. The summed E-state index contributed by atoms with van der Waals surface area (Å²) in [6, 6.07) is 4.06. The molecule has 0 saturated heterocycles. The van der Waals surface area contributed by atoms with E-state index >= 15 is 0 Å². The molecule has 0 spiro atoms. The Morgan fingerprint density at radius 2 is 2.00 bits per heavy atom. The maximum absolute atomic E-state index is 12.8. The fraction of sp³-hybridized carbons (Fsp3) is 0.444. The Labute approximate surface area is 159 Å². The first-order valence-electron chi connectivity index (χ1n) is 8.44. The molecule has 1 N–H and O–H groups in total. The van der Waals surface area contributed by atoms with Crippen LogP contribution >= 0.6 is 0 Å². The van der Waals surface area contributed by atoms with E-state index in [9.17, 15) is 13.2 Å². The van der Waals surface area contributed by atoms with E-state index in [0.717, 1.165) is 5.56 Å². The van der Waals surface area contributed by atoms with E-state index in [4.69, 9.17) is 9.26 Å². The molecule has 1 aromatic carbocycles. The Morgan fingerprint density at radius 1 is 1.33 bits per heavy atom. The molecule has 0 aliphatic carbocycles. The van der Waals surface area contributed by atoms with Gasteiger partial charge in [-0.25, -0.2) is 13.1 Å². The zero-order valence-corrected chi connectivity index (χ0v) is 17.2. The van der Waals surface area contributed by atoms with Gasteiger partial charge in [0.1, 0.15) is 16.4 Å². The second kappa shape index (κ2) is 8.10. The van der Waals surface area contributed by atoms with E-state index in [-0.39, 0.29) is 28.2 Å². The Balaban J connectivity index is 2.35. The topological polar surface area (TPSA) is 102 Å². The third-order valence-electron chi connectivity index (χ3n) is 4.01. The number of amides is 1. The molecule has 9 heteroatoms. The fourth-order valence-corrected chi connectivity index (χ4v) is 4.10.